The summed E-state index contributed by atoms with van der Waals surface area (Å²) in [5.41, 5.74) is 10.3. The summed E-state index contributed by atoms with van der Waals surface area (Å²) in [5, 5.41) is 33.8. The van der Waals surface area contributed by atoms with Crippen molar-refractivity contribution in [1.82, 2.24) is 16.0 Å². The number of rotatable bonds is 12. The Kier molecular flexibility index (Phi) is 11.1. The van der Waals surface area contributed by atoms with Crippen molar-refractivity contribution >= 4 is 42.2 Å². The first kappa shape index (κ1) is 25.6. The summed E-state index contributed by atoms with van der Waals surface area (Å²) in [6.45, 7) is 0.431. The van der Waals surface area contributed by atoms with E-state index >= 15 is 0 Å². The van der Waals surface area contributed by atoms with Gasteiger partial charge in [0.05, 0.1) is 19.1 Å². The maximum absolute atomic E-state index is 12.4. The lowest BCUT2D eigenvalue weighted by atomic mass is 10.1. The van der Waals surface area contributed by atoms with Gasteiger partial charge in [-0.25, -0.2) is 4.79 Å². The minimum Gasteiger partial charge on any atom is -0.480 e. The molecule has 10 N–H and O–H groups in total. The van der Waals surface area contributed by atoms with E-state index in [-0.39, 0.29) is 5.75 Å². The molecule has 0 bridgehead atoms. The average Bonchev–Trinajstić information content (AvgIpc) is 2.61. The SMILES string of the molecule is CC(O)C(NC(=O)C(CC(N)=O)NC(=O)C(N)CO)C(=O)NC(CS)C(=O)O. The van der Waals surface area contributed by atoms with Crippen LogP contribution in [0, 0.1) is 0 Å². The van der Waals surface area contributed by atoms with Crippen LogP contribution < -0.4 is 27.4 Å². The van der Waals surface area contributed by atoms with Crippen LogP contribution in [0.15, 0.2) is 0 Å². The Morgan fingerprint density at radius 1 is 1.00 bits per heavy atom. The van der Waals surface area contributed by atoms with Gasteiger partial charge in [-0.05, 0) is 6.92 Å². The van der Waals surface area contributed by atoms with Gasteiger partial charge in [0.25, 0.3) is 0 Å². The second-order valence-corrected chi connectivity index (χ2v) is 6.19. The van der Waals surface area contributed by atoms with E-state index in [1.165, 1.54) is 0 Å². The number of primary amides is 1. The van der Waals surface area contributed by atoms with Gasteiger partial charge >= 0.3 is 5.97 Å². The molecule has 0 aliphatic rings. The summed E-state index contributed by atoms with van der Waals surface area (Å²) in [7, 11) is 0. The van der Waals surface area contributed by atoms with Gasteiger partial charge < -0.3 is 42.7 Å². The van der Waals surface area contributed by atoms with E-state index in [0.717, 1.165) is 6.92 Å². The van der Waals surface area contributed by atoms with Gasteiger partial charge in [-0.3, -0.25) is 19.2 Å². The fourth-order valence-electron chi connectivity index (χ4n) is 1.88. The topological polar surface area (TPSA) is 234 Å². The van der Waals surface area contributed by atoms with Gasteiger partial charge in [0, 0.05) is 5.75 Å². The number of hydrogen-bond donors (Lipinski definition) is 9. The van der Waals surface area contributed by atoms with E-state index in [2.05, 4.69) is 28.6 Å². The number of amides is 4. The Morgan fingerprint density at radius 3 is 1.93 bits per heavy atom. The minimum absolute atomic E-state index is 0.249. The third kappa shape index (κ3) is 8.51. The van der Waals surface area contributed by atoms with Crippen LogP contribution in [0.4, 0.5) is 0 Å². The molecule has 160 valence electrons. The highest BCUT2D eigenvalue weighted by atomic mass is 32.1. The number of nitrogens with two attached hydrogens (primary N) is 2. The molecule has 0 aromatic rings. The third-order valence-electron chi connectivity index (χ3n) is 3.43. The van der Waals surface area contributed by atoms with Crippen LogP contribution in [-0.2, 0) is 24.0 Å². The second-order valence-electron chi connectivity index (χ2n) is 5.83. The molecule has 0 aromatic carbocycles. The van der Waals surface area contributed by atoms with Crippen molar-refractivity contribution in [1.29, 1.82) is 0 Å². The Hall–Kier alpha value is -2.42. The molecule has 0 heterocycles. The largest absolute Gasteiger partial charge is 0.480 e. The number of thiol groups is 1. The number of carbonyl (C=O) groups is 5. The van der Waals surface area contributed by atoms with E-state index in [0.29, 0.717) is 0 Å². The fraction of sp³-hybridized carbons (Fsp3) is 0.643. The first-order valence-corrected chi connectivity index (χ1v) is 8.65. The van der Waals surface area contributed by atoms with Gasteiger partial charge in [0.1, 0.15) is 24.2 Å². The number of carboxylic acid groups (broad SMARTS) is 1. The Morgan fingerprint density at radius 2 is 1.54 bits per heavy atom. The van der Waals surface area contributed by atoms with Crippen LogP contribution in [0.2, 0.25) is 0 Å². The first-order valence-electron chi connectivity index (χ1n) is 8.02. The Labute approximate surface area is 165 Å². The zero-order valence-corrected chi connectivity index (χ0v) is 15.9. The van der Waals surface area contributed by atoms with Gasteiger partial charge in [0.15, 0.2) is 0 Å². The number of nitrogens with one attached hydrogen (secondary N) is 3. The van der Waals surface area contributed by atoms with E-state index in [4.69, 9.17) is 21.7 Å². The van der Waals surface area contributed by atoms with Crippen molar-refractivity contribution in [3.63, 3.8) is 0 Å². The molecular weight excluding hydrogens is 398 g/mol. The summed E-state index contributed by atoms with van der Waals surface area (Å²) in [5.74, 6) is -5.63. The first-order chi connectivity index (χ1) is 12.9. The smallest absolute Gasteiger partial charge is 0.327 e. The van der Waals surface area contributed by atoms with Crippen molar-refractivity contribution in [2.75, 3.05) is 12.4 Å². The molecule has 0 rings (SSSR count). The van der Waals surface area contributed by atoms with Gasteiger partial charge in [0.2, 0.25) is 23.6 Å². The van der Waals surface area contributed by atoms with Crippen LogP contribution >= 0.6 is 12.6 Å². The van der Waals surface area contributed by atoms with Crippen molar-refractivity contribution in [2.45, 2.75) is 43.6 Å². The number of carboxylic acids is 1. The van der Waals surface area contributed by atoms with Crippen molar-refractivity contribution < 1.29 is 39.3 Å². The fourth-order valence-corrected chi connectivity index (χ4v) is 2.13. The van der Waals surface area contributed by atoms with E-state index < -0.39 is 72.9 Å². The summed E-state index contributed by atoms with van der Waals surface area (Å²) < 4.78 is 0. The predicted molar refractivity (Wildman–Crippen MR) is 97.8 cm³/mol. The summed E-state index contributed by atoms with van der Waals surface area (Å²) in [4.78, 5) is 58.5. The van der Waals surface area contributed by atoms with Gasteiger partial charge in [-0.15, -0.1) is 0 Å². The number of aliphatic carboxylic acids is 1. The maximum atomic E-state index is 12.4. The molecule has 0 aromatic heterocycles. The highest BCUT2D eigenvalue weighted by molar-refractivity contribution is 7.80. The van der Waals surface area contributed by atoms with Gasteiger partial charge in [-0.1, -0.05) is 0 Å². The van der Waals surface area contributed by atoms with Crippen LogP contribution in [0.1, 0.15) is 13.3 Å². The summed E-state index contributed by atoms with van der Waals surface area (Å²) >= 11 is 3.78. The standard InChI is InChI=1S/C14H25N5O8S/c1-5(21)10(13(25)18-8(4-28)14(26)27)19-12(24)7(2-9(16)22)17-11(23)6(15)3-20/h5-8,10,20-21,28H,2-4,15H2,1H3,(H2,16,22)(H,17,23)(H,18,25)(H,19,24)(H,26,27). The van der Waals surface area contributed by atoms with E-state index in [1.54, 1.807) is 0 Å². The molecule has 0 spiro atoms. The second kappa shape index (κ2) is 12.1. The normalized spacial score (nSPS) is 16.0. The third-order valence-corrected chi connectivity index (χ3v) is 3.80. The lowest BCUT2D eigenvalue weighted by Gasteiger charge is -2.25. The molecule has 13 nitrogen and oxygen atoms in total. The van der Waals surface area contributed by atoms with E-state index in [1.807, 2.05) is 0 Å². The molecule has 0 saturated carbocycles. The molecule has 0 fully saturated rings. The summed E-state index contributed by atoms with van der Waals surface area (Å²) in [6, 6.07) is -5.90. The minimum atomic E-state index is -1.60. The Balaban J connectivity index is 5.32. The Bertz CT molecular complexity index is 602. The number of aliphatic hydroxyl groups excluding tert-OH is 2. The lowest BCUT2D eigenvalue weighted by Crippen LogP contribution is -2.60. The van der Waals surface area contributed by atoms with Crippen LogP contribution in [0.3, 0.4) is 0 Å². The zero-order chi connectivity index (χ0) is 22.0. The molecule has 5 atom stereocenters. The maximum Gasteiger partial charge on any atom is 0.327 e. The molecule has 0 saturated heterocycles. The van der Waals surface area contributed by atoms with Crippen LogP contribution in [-0.4, -0.2) is 87.5 Å². The molecule has 4 amide bonds. The molecule has 0 aliphatic heterocycles. The highest BCUT2D eigenvalue weighted by Gasteiger charge is 2.32. The highest BCUT2D eigenvalue weighted by Crippen LogP contribution is 2.00. The molecule has 5 unspecified atom stereocenters. The monoisotopic (exact) mass is 423 g/mol. The lowest BCUT2D eigenvalue weighted by molar-refractivity contribution is -0.142. The van der Waals surface area contributed by atoms with Crippen molar-refractivity contribution in [2.24, 2.45) is 11.5 Å². The van der Waals surface area contributed by atoms with Crippen LogP contribution in [0.5, 0.6) is 0 Å². The summed E-state index contributed by atoms with van der Waals surface area (Å²) in [6.07, 6.45) is -2.11. The molecular formula is C14H25N5O8S. The molecule has 14 heteroatoms. The van der Waals surface area contributed by atoms with Crippen molar-refractivity contribution in [3.8, 4) is 0 Å². The van der Waals surface area contributed by atoms with Crippen LogP contribution in [0.25, 0.3) is 0 Å². The van der Waals surface area contributed by atoms with Gasteiger partial charge in [-0.2, -0.15) is 12.6 Å². The number of hydrogen-bond acceptors (Lipinski definition) is 9. The predicted octanol–water partition coefficient (Wildman–Crippen LogP) is -4.97. The average molecular weight is 423 g/mol. The molecule has 0 radical (unpaired) electrons. The molecule has 0 aliphatic carbocycles. The zero-order valence-electron chi connectivity index (χ0n) is 15.0. The quantitative estimate of drug-likeness (QED) is 0.136. The number of aliphatic hydroxyl groups is 2. The number of carbonyl (C=O) groups excluding carboxylic acids is 4. The molecule has 28 heavy (non-hydrogen) atoms. The van der Waals surface area contributed by atoms with Crippen molar-refractivity contribution in [3.05, 3.63) is 0 Å². The van der Waals surface area contributed by atoms with E-state index in [9.17, 15) is 29.1 Å².